The highest BCUT2D eigenvalue weighted by Crippen LogP contribution is 1.70. The van der Waals surface area contributed by atoms with E-state index < -0.39 is 5.78 Å². The number of hydrogen-bond donors (Lipinski definition) is 1. The fraction of sp³-hybridized carbons (Fsp3) is 0.333. The van der Waals surface area contributed by atoms with Gasteiger partial charge in [-0.05, 0) is 0 Å². The van der Waals surface area contributed by atoms with Gasteiger partial charge in [0.15, 0.2) is 0 Å². The Kier molecular flexibility index (Phi) is 2.51. The van der Waals surface area contributed by atoms with Gasteiger partial charge in [0.2, 0.25) is 5.78 Å². The second-order valence-corrected chi connectivity index (χ2v) is 1.01. The topological polar surface area (TPSA) is 40.9 Å². The van der Waals surface area contributed by atoms with E-state index in [1.807, 2.05) is 0 Å². The van der Waals surface area contributed by atoms with Crippen molar-refractivity contribution in [1.82, 2.24) is 0 Å². The number of hydrogen-bond acceptors (Lipinski definition) is 3. The Bertz CT molecular complexity index is 93.5. The van der Waals surface area contributed by atoms with Crippen LogP contribution < -0.4 is 0 Å². The van der Waals surface area contributed by atoms with Crippen LogP contribution in [0.3, 0.4) is 0 Å². The fourth-order valence-electron chi connectivity index (χ4n) is 0.0354. The summed E-state index contributed by atoms with van der Waals surface area (Å²) in [4.78, 5) is 9.74. The quantitative estimate of drug-likeness (QED) is 0.373. The maximum absolute atomic E-state index is 9.74. The first-order valence-electron chi connectivity index (χ1n) is 1.35. The molecule has 0 saturated heterocycles. The van der Waals surface area contributed by atoms with Gasteiger partial charge in [-0.25, -0.2) is 0 Å². The second-order valence-electron chi connectivity index (χ2n) is 0.693. The van der Waals surface area contributed by atoms with Crippen molar-refractivity contribution >= 4 is 18.4 Å². The van der Waals surface area contributed by atoms with Crippen LogP contribution in [0.15, 0.2) is 0 Å². The predicted molar refractivity (Wildman–Crippen MR) is 24.5 cm³/mol. The molecule has 32 valence electrons. The van der Waals surface area contributed by atoms with E-state index in [-0.39, 0.29) is 5.75 Å². The molecule has 0 heterocycles. The molecule has 0 saturated carbocycles. The van der Waals surface area contributed by atoms with E-state index in [9.17, 15) is 4.79 Å². The number of carbonyl (C=O) groups is 1. The molecular formula is C3H3NOS. The zero-order chi connectivity index (χ0) is 4.99. The molecule has 0 unspecified atom stereocenters. The van der Waals surface area contributed by atoms with Crippen molar-refractivity contribution in [3.63, 3.8) is 0 Å². The van der Waals surface area contributed by atoms with E-state index >= 15 is 0 Å². The third-order valence-corrected chi connectivity index (χ3v) is 0.556. The molecule has 3 heteroatoms. The van der Waals surface area contributed by atoms with Crippen molar-refractivity contribution in [2.24, 2.45) is 0 Å². The van der Waals surface area contributed by atoms with Crippen LogP contribution in [0.5, 0.6) is 0 Å². The molecule has 0 radical (unpaired) electrons. The molecule has 0 aliphatic heterocycles. The van der Waals surface area contributed by atoms with Crippen LogP contribution in [0.2, 0.25) is 0 Å². The summed E-state index contributed by atoms with van der Waals surface area (Å²) >= 11 is 3.52. The van der Waals surface area contributed by atoms with Crippen molar-refractivity contribution < 1.29 is 4.79 Å². The molecule has 0 spiro atoms. The minimum atomic E-state index is -0.488. The number of nitrogens with zero attached hydrogens (tertiary/aromatic N) is 1. The summed E-state index contributed by atoms with van der Waals surface area (Å²) in [6.07, 6.45) is 0. The standard InChI is InChI=1S/C3H3NOS/c4-1-3(5)2-6/h6H,2H2. The Hall–Kier alpha value is -0.490. The molecule has 0 aromatic heterocycles. The Morgan fingerprint density at radius 3 is 2.50 bits per heavy atom. The SMILES string of the molecule is N#CC(=O)CS. The van der Waals surface area contributed by atoms with Crippen molar-refractivity contribution in [3.8, 4) is 6.07 Å². The highest BCUT2D eigenvalue weighted by Gasteiger charge is 1.87. The normalized spacial score (nSPS) is 6.67. The van der Waals surface area contributed by atoms with E-state index in [0.29, 0.717) is 0 Å². The van der Waals surface area contributed by atoms with Gasteiger partial charge in [0.05, 0.1) is 5.75 Å². The van der Waals surface area contributed by atoms with Crippen molar-refractivity contribution in [2.45, 2.75) is 0 Å². The van der Waals surface area contributed by atoms with Gasteiger partial charge >= 0.3 is 0 Å². The average molecular weight is 101 g/mol. The fourth-order valence-corrected chi connectivity index (χ4v) is 0.106. The number of carbonyl (C=O) groups excluding carboxylic acids is 1. The van der Waals surface area contributed by atoms with Crippen LogP contribution in [0.4, 0.5) is 0 Å². The van der Waals surface area contributed by atoms with Gasteiger partial charge in [-0.1, -0.05) is 0 Å². The summed E-state index contributed by atoms with van der Waals surface area (Å²) in [6.45, 7) is 0. The van der Waals surface area contributed by atoms with Crippen LogP contribution in [-0.4, -0.2) is 11.5 Å². The third-order valence-electron chi connectivity index (χ3n) is 0.268. The molecule has 0 aromatic carbocycles. The lowest BCUT2D eigenvalue weighted by Gasteiger charge is -1.67. The smallest absolute Gasteiger partial charge is 0.241 e. The molecule has 0 N–H and O–H groups in total. The second kappa shape index (κ2) is 2.73. The minimum absolute atomic E-state index is 0.0243. The summed E-state index contributed by atoms with van der Waals surface area (Å²) < 4.78 is 0. The summed E-state index contributed by atoms with van der Waals surface area (Å²) in [5, 5.41) is 7.69. The Morgan fingerprint density at radius 2 is 2.50 bits per heavy atom. The van der Waals surface area contributed by atoms with Crippen molar-refractivity contribution in [3.05, 3.63) is 0 Å². The Morgan fingerprint density at radius 1 is 2.00 bits per heavy atom. The number of Topliss-reactive ketones (excluding diaryl/α,β-unsaturated/α-hetero) is 1. The van der Waals surface area contributed by atoms with Crippen LogP contribution in [0, 0.1) is 11.3 Å². The van der Waals surface area contributed by atoms with Crippen LogP contribution in [0.1, 0.15) is 0 Å². The van der Waals surface area contributed by atoms with Crippen LogP contribution in [-0.2, 0) is 4.79 Å². The summed E-state index contributed by atoms with van der Waals surface area (Å²) in [5.74, 6) is -0.463. The van der Waals surface area contributed by atoms with Crippen LogP contribution >= 0.6 is 12.6 Å². The molecule has 0 rings (SSSR count). The first-order valence-corrected chi connectivity index (χ1v) is 1.98. The molecular weight excluding hydrogens is 98.1 g/mol. The number of thiol groups is 1. The van der Waals surface area contributed by atoms with E-state index in [4.69, 9.17) is 5.26 Å². The number of rotatable bonds is 1. The first kappa shape index (κ1) is 5.51. The van der Waals surface area contributed by atoms with E-state index in [2.05, 4.69) is 12.6 Å². The average Bonchev–Trinajstić information content (AvgIpc) is 1.65. The van der Waals surface area contributed by atoms with Crippen molar-refractivity contribution in [2.75, 3.05) is 5.75 Å². The van der Waals surface area contributed by atoms with Gasteiger partial charge in [0.1, 0.15) is 6.07 Å². The molecule has 0 aromatic rings. The largest absolute Gasteiger partial charge is 0.282 e. The third kappa shape index (κ3) is 1.79. The molecule has 0 atom stereocenters. The highest BCUT2D eigenvalue weighted by atomic mass is 32.1. The lowest BCUT2D eigenvalue weighted by molar-refractivity contribution is -0.111. The zero-order valence-electron chi connectivity index (χ0n) is 3.01. The summed E-state index contributed by atoms with van der Waals surface area (Å²) in [6, 6.07) is 1.40. The summed E-state index contributed by atoms with van der Waals surface area (Å²) in [7, 11) is 0. The van der Waals surface area contributed by atoms with Gasteiger partial charge in [0.25, 0.3) is 0 Å². The van der Waals surface area contributed by atoms with Gasteiger partial charge in [-0.15, -0.1) is 0 Å². The zero-order valence-corrected chi connectivity index (χ0v) is 3.90. The van der Waals surface area contributed by atoms with E-state index in [0.717, 1.165) is 0 Å². The monoisotopic (exact) mass is 101 g/mol. The molecule has 2 nitrogen and oxygen atoms in total. The van der Waals surface area contributed by atoms with Gasteiger partial charge in [-0.3, -0.25) is 4.79 Å². The van der Waals surface area contributed by atoms with Gasteiger partial charge in [0, 0.05) is 0 Å². The molecule has 0 aliphatic rings. The minimum Gasteiger partial charge on any atom is -0.282 e. The Balaban J connectivity index is 3.33. The molecule has 0 fully saturated rings. The lowest BCUT2D eigenvalue weighted by atomic mass is 10.5. The molecule has 0 amide bonds. The Labute approximate surface area is 41.2 Å². The van der Waals surface area contributed by atoms with E-state index in [1.54, 1.807) is 0 Å². The van der Waals surface area contributed by atoms with Gasteiger partial charge < -0.3 is 0 Å². The number of nitriles is 1. The van der Waals surface area contributed by atoms with Crippen LogP contribution in [0.25, 0.3) is 0 Å². The highest BCUT2D eigenvalue weighted by molar-refractivity contribution is 7.81. The summed E-state index contributed by atoms with van der Waals surface area (Å²) in [5.41, 5.74) is 0. The van der Waals surface area contributed by atoms with E-state index in [1.165, 1.54) is 6.07 Å². The maximum Gasteiger partial charge on any atom is 0.241 e. The first-order chi connectivity index (χ1) is 2.81. The predicted octanol–water partition coefficient (Wildman–Crippen LogP) is 0.00888. The lowest BCUT2D eigenvalue weighted by Crippen LogP contribution is -1.90. The molecule has 0 aliphatic carbocycles. The van der Waals surface area contributed by atoms with Gasteiger partial charge in [-0.2, -0.15) is 17.9 Å². The number of ketones is 1. The molecule has 6 heavy (non-hydrogen) atoms. The maximum atomic E-state index is 9.74. The van der Waals surface area contributed by atoms with Crippen molar-refractivity contribution in [1.29, 1.82) is 5.26 Å². The molecule has 0 bridgehead atoms.